The first-order chi connectivity index (χ1) is 8.59. The first kappa shape index (κ1) is 12.5. The lowest BCUT2D eigenvalue weighted by molar-refractivity contribution is 0.109. The van der Waals surface area contributed by atoms with Gasteiger partial charge in [0.2, 0.25) is 0 Å². The molecule has 0 saturated heterocycles. The fourth-order valence-corrected chi connectivity index (χ4v) is 3.08. The van der Waals surface area contributed by atoms with Crippen molar-refractivity contribution in [3.63, 3.8) is 0 Å². The van der Waals surface area contributed by atoms with Crippen LogP contribution in [0.15, 0.2) is 15.3 Å². The maximum atomic E-state index is 12.4. The van der Waals surface area contributed by atoms with Crippen molar-refractivity contribution in [1.82, 2.24) is 4.98 Å². The molecule has 18 heavy (non-hydrogen) atoms. The third-order valence-electron chi connectivity index (χ3n) is 3.06. The second-order valence-electron chi connectivity index (χ2n) is 4.12. The van der Waals surface area contributed by atoms with E-state index >= 15 is 0 Å². The third-order valence-corrected chi connectivity index (χ3v) is 4.78. The van der Waals surface area contributed by atoms with Gasteiger partial charge in [-0.25, -0.2) is 0 Å². The lowest BCUT2D eigenvalue weighted by Gasteiger charge is -2.17. The van der Waals surface area contributed by atoms with Gasteiger partial charge in [-0.05, 0) is 22.0 Å². The number of benzene rings is 1. The van der Waals surface area contributed by atoms with Gasteiger partial charge in [0.05, 0.1) is 28.8 Å². The molecule has 0 spiro atoms. The van der Waals surface area contributed by atoms with Crippen LogP contribution in [0.25, 0.3) is 10.9 Å². The molecule has 1 aromatic carbocycles. The van der Waals surface area contributed by atoms with Gasteiger partial charge in [-0.1, -0.05) is 23.2 Å². The van der Waals surface area contributed by atoms with Gasteiger partial charge in [-0.15, -0.1) is 0 Å². The van der Waals surface area contributed by atoms with Crippen LogP contribution < -0.4 is 5.43 Å². The minimum absolute atomic E-state index is 0.0438. The molecule has 2 aromatic rings. The van der Waals surface area contributed by atoms with E-state index < -0.39 is 0 Å². The lowest BCUT2D eigenvalue weighted by atomic mass is 10.1. The van der Waals surface area contributed by atoms with Crippen LogP contribution in [0.4, 0.5) is 0 Å². The summed E-state index contributed by atoms with van der Waals surface area (Å²) < 4.78 is 5.93. The van der Waals surface area contributed by atoms with Gasteiger partial charge in [-0.2, -0.15) is 0 Å². The summed E-state index contributed by atoms with van der Waals surface area (Å²) in [5.41, 5.74) is 2.12. The van der Waals surface area contributed by atoms with Gasteiger partial charge in [0, 0.05) is 27.5 Å². The smallest absolute Gasteiger partial charge is 0.195 e. The molecule has 3 nitrogen and oxygen atoms in total. The molecule has 3 rings (SSSR count). The minimum atomic E-state index is -0.0438. The topological polar surface area (TPSA) is 42.1 Å². The van der Waals surface area contributed by atoms with E-state index in [2.05, 4.69) is 20.9 Å². The molecule has 2 heterocycles. The summed E-state index contributed by atoms with van der Waals surface area (Å²) in [7, 11) is 0. The maximum absolute atomic E-state index is 12.4. The van der Waals surface area contributed by atoms with Crippen LogP contribution in [0.1, 0.15) is 11.3 Å². The van der Waals surface area contributed by atoms with Crippen molar-refractivity contribution in [1.29, 1.82) is 0 Å². The van der Waals surface area contributed by atoms with Crippen LogP contribution in [-0.2, 0) is 17.8 Å². The van der Waals surface area contributed by atoms with Crippen molar-refractivity contribution in [3.05, 3.63) is 42.1 Å². The first-order valence-electron chi connectivity index (χ1n) is 5.38. The van der Waals surface area contributed by atoms with Gasteiger partial charge >= 0.3 is 0 Å². The number of aromatic amines is 1. The van der Waals surface area contributed by atoms with Crippen molar-refractivity contribution in [3.8, 4) is 0 Å². The van der Waals surface area contributed by atoms with E-state index in [1.54, 1.807) is 6.07 Å². The van der Waals surface area contributed by atoms with E-state index in [1.807, 2.05) is 0 Å². The Labute approximate surface area is 121 Å². The van der Waals surface area contributed by atoms with Gasteiger partial charge in [0.15, 0.2) is 5.43 Å². The maximum Gasteiger partial charge on any atom is 0.195 e. The lowest BCUT2D eigenvalue weighted by Crippen LogP contribution is -2.21. The van der Waals surface area contributed by atoms with Crippen LogP contribution in [0.2, 0.25) is 10.0 Å². The molecule has 0 amide bonds. The summed E-state index contributed by atoms with van der Waals surface area (Å²) in [6, 6.07) is 1.69. The van der Waals surface area contributed by atoms with E-state index in [-0.39, 0.29) is 5.43 Å². The molecule has 0 radical (unpaired) electrons. The van der Waals surface area contributed by atoms with Crippen molar-refractivity contribution < 1.29 is 4.74 Å². The zero-order chi connectivity index (χ0) is 12.9. The van der Waals surface area contributed by atoms with E-state index in [9.17, 15) is 4.79 Å². The number of nitrogens with one attached hydrogen (secondary N) is 1. The highest BCUT2D eigenvalue weighted by Crippen LogP contribution is 2.35. The Kier molecular flexibility index (Phi) is 3.14. The largest absolute Gasteiger partial charge is 0.376 e. The molecular weight excluding hydrogens is 341 g/mol. The number of hydrogen-bond acceptors (Lipinski definition) is 2. The Bertz CT molecular complexity index is 712. The van der Waals surface area contributed by atoms with Crippen LogP contribution in [0.3, 0.4) is 0 Å². The van der Waals surface area contributed by atoms with Gasteiger partial charge in [-0.3, -0.25) is 4.79 Å². The molecule has 1 N–H and O–H groups in total. The molecule has 0 bridgehead atoms. The van der Waals surface area contributed by atoms with Crippen molar-refractivity contribution in [2.75, 3.05) is 6.61 Å². The number of fused-ring (bicyclic) bond motifs is 2. The van der Waals surface area contributed by atoms with Crippen molar-refractivity contribution >= 4 is 50.0 Å². The quantitative estimate of drug-likeness (QED) is 0.738. The third kappa shape index (κ3) is 1.79. The van der Waals surface area contributed by atoms with Crippen LogP contribution in [-0.4, -0.2) is 11.6 Å². The summed E-state index contributed by atoms with van der Waals surface area (Å²) in [5, 5.41) is 1.31. The van der Waals surface area contributed by atoms with Crippen LogP contribution >= 0.6 is 39.1 Å². The Hall–Kier alpha value is -0.550. The van der Waals surface area contributed by atoms with E-state index in [4.69, 9.17) is 27.9 Å². The summed E-state index contributed by atoms with van der Waals surface area (Å²) >= 11 is 15.5. The highest BCUT2D eigenvalue weighted by molar-refractivity contribution is 9.10. The molecular formula is C12H8BrCl2NO2. The fourth-order valence-electron chi connectivity index (χ4n) is 2.14. The van der Waals surface area contributed by atoms with Gasteiger partial charge in [0.25, 0.3) is 0 Å². The first-order valence-corrected chi connectivity index (χ1v) is 6.93. The monoisotopic (exact) mass is 347 g/mol. The van der Waals surface area contributed by atoms with Crippen LogP contribution in [0.5, 0.6) is 0 Å². The molecule has 6 heteroatoms. The predicted octanol–water partition coefficient (Wildman–Crippen LogP) is 3.67. The summed E-state index contributed by atoms with van der Waals surface area (Å²) in [6.45, 7) is 0.953. The molecule has 94 valence electrons. The molecule has 0 aliphatic carbocycles. The molecule has 0 atom stereocenters. The Balaban J connectivity index is 2.46. The summed E-state index contributed by atoms with van der Waals surface area (Å²) in [6.07, 6.45) is 0.685. The molecule has 0 fully saturated rings. The number of H-pyrrole nitrogens is 1. The zero-order valence-corrected chi connectivity index (χ0v) is 12.2. The number of hydrogen-bond donors (Lipinski definition) is 1. The zero-order valence-electron chi connectivity index (χ0n) is 9.15. The second kappa shape index (κ2) is 4.53. The number of halogens is 3. The summed E-state index contributed by atoms with van der Waals surface area (Å²) in [4.78, 5) is 15.6. The summed E-state index contributed by atoms with van der Waals surface area (Å²) in [5.74, 6) is 0. The van der Waals surface area contributed by atoms with Crippen molar-refractivity contribution in [2.45, 2.75) is 13.0 Å². The molecule has 1 aliphatic rings. The SMILES string of the molecule is O=c1c2c([nH]c3c(Cl)c(Cl)c(Br)cc13)CCOC2. The average molecular weight is 349 g/mol. The molecule has 1 aliphatic heterocycles. The number of rotatable bonds is 0. The van der Waals surface area contributed by atoms with Crippen molar-refractivity contribution in [2.24, 2.45) is 0 Å². The highest BCUT2D eigenvalue weighted by Gasteiger charge is 2.19. The normalized spacial score (nSPS) is 14.8. The van der Waals surface area contributed by atoms with Gasteiger partial charge < -0.3 is 9.72 Å². The van der Waals surface area contributed by atoms with E-state index in [0.29, 0.717) is 50.6 Å². The van der Waals surface area contributed by atoms with Crippen LogP contribution in [0, 0.1) is 0 Å². The van der Waals surface area contributed by atoms with E-state index in [1.165, 1.54) is 0 Å². The fraction of sp³-hybridized carbons (Fsp3) is 0.250. The van der Waals surface area contributed by atoms with Gasteiger partial charge in [0.1, 0.15) is 0 Å². The predicted molar refractivity (Wildman–Crippen MR) is 75.6 cm³/mol. The average Bonchev–Trinajstić information content (AvgIpc) is 2.38. The molecule has 0 saturated carbocycles. The van der Waals surface area contributed by atoms with E-state index in [0.717, 1.165) is 5.69 Å². The highest BCUT2D eigenvalue weighted by atomic mass is 79.9. The second-order valence-corrected chi connectivity index (χ2v) is 5.73. The minimum Gasteiger partial charge on any atom is -0.376 e. The Morgan fingerprint density at radius 2 is 2.11 bits per heavy atom. The number of aromatic nitrogens is 1. The standard InChI is InChI=1S/C12H8BrCl2NO2/c13-7-3-5-11(10(15)9(7)14)16-8-1-2-18-4-6(8)12(5)17/h3H,1-2,4H2,(H,16,17). The molecule has 1 aromatic heterocycles. The molecule has 0 unspecified atom stereocenters. The Morgan fingerprint density at radius 1 is 1.33 bits per heavy atom. The Morgan fingerprint density at radius 3 is 2.89 bits per heavy atom. The number of ether oxygens (including phenoxy) is 1. The number of pyridine rings is 1.